The van der Waals surface area contributed by atoms with E-state index in [4.69, 9.17) is 4.52 Å². The summed E-state index contributed by atoms with van der Waals surface area (Å²) in [6.07, 6.45) is 9.04. The predicted molar refractivity (Wildman–Crippen MR) is 94.1 cm³/mol. The van der Waals surface area contributed by atoms with Crippen LogP contribution in [0, 0.1) is 0 Å². The summed E-state index contributed by atoms with van der Waals surface area (Å²) in [7, 11) is 0. The average Bonchev–Trinajstić information content (AvgIpc) is 3.24. The summed E-state index contributed by atoms with van der Waals surface area (Å²) in [6.45, 7) is 0. The van der Waals surface area contributed by atoms with Crippen molar-refractivity contribution >= 4 is 5.91 Å². The molecule has 0 saturated heterocycles. The van der Waals surface area contributed by atoms with Crippen LogP contribution in [0.4, 0.5) is 0 Å². The molecule has 1 N–H and O–H groups in total. The first kappa shape index (κ1) is 16.3. The van der Waals surface area contributed by atoms with E-state index >= 15 is 0 Å². The third-order valence-electron chi connectivity index (χ3n) is 5.66. The van der Waals surface area contributed by atoms with Crippen molar-refractivity contribution in [3.05, 3.63) is 47.6 Å². The van der Waals surface area contributed by atoms with E-state index in [-0.39, 0.29) is 17.7 Å². The second-order valence-corrected chi connectivity index (χ2v) is 7.54. The van der Waals surface area contributed by atoms with Gasteiger partial charge in [-0.25, -0.2) is 0 Å². The molecule has 2 aromatic rings. The number of carbonyl (C=O) groups excluding carboxylic acids is 1. The van der Waals surface area contributed by atoms with Gasteiger partial charge in [-0.1, -0.05) is 54.8 Å². The van der Waals surface area contributed by atoms with Gasteiger partial charge in [-0.2, -0.15) is 4.98 Å². The summed E-state index contributed by atoms with van der Waals surface area (Å²) < 4.78 is 5.57. The molecule has 2 aliphatic carbocycles. The smallest absolute Gasteiger partial charge is 0.233 e. The van der Waals surface area contributed by atoms with Gasteiger partial charge in [0.05, 0.1) is 11.8 Å². The van der Waals surface area contributed by atoms with Gasteiger partial charge in [0.2, 0.25) is 11.8 Å². The molecule has 0 spiro atoms. The Balaban J connectivity index is 1.41. The van der Waals surface area contributed by atoms with E-state index in [0.29, 0.717) is 17.8 Å². The monoisotopic (exact) mass is 339 g/mol. The van der Waals surface area contributed by atoms with Crippen LogP contribution in [-0.4, -0.2) is 22.1 Å². The molecular formula is C20H25N3O2. The molecule has 1 amide bonds. The van der Waals surface area contributed by atoms with Gasteiger partial charge in [0, 0.05) is 6.04 Å². The van der Waals surface area contributed by atoms with Crippen molar-refractivity contribution in [2.24, 2.45) is 0 Å². The molecule has 0 radical (unpaired) electrons. The molecule has 1 aromatic heterocycles. The Labute approximate surface area is 148 Å². The normalized spacial score (nSPS) is 19.5. The number of rotatable bonds is 6. The topological polar surface area (TPSA) is 68.0 Å². The highest BCUT2D eigenvalue weighted by atomic mass is 16.5. The van der Waals surface area contributed by atoms with Gasteiger partial charge in [0.1, 0.15) is 0 Å². The van der Waals surface area contributed by atoms with Gasteiger partial charge in [-0.05, 0) is 37.7 Å². The van der Waals surface area contributed by atoms with Gasteiger partial charge < -0.3 is 9.84 Å². The quantitative estimate of drug-likeness (QED) is 0.876. The number of benzene rings is 1. The Morgan fingerprint density at radius 2 is 1.92 bits per heavy atom. The number of hydrogen-bond acceptors (Lipinski definition) is 4. The van der Waals surface area contributed by atoms with Gasteiger partial charge in [-0.3, -0.25) is 4.79 Å². The van der Waals surface area contributed by atoms with E-state index in [2.05, 4.69) is 39.7 Å². The lowest BCUT2D eigenvalue weighted by molar-refractivity contribution is -0.121. The molecule has 2 saturated carbocycles. The maximum absolute atomic E-state index is 12.2. The minimum absolute atomic E-state index is 0.00460. The van der Waals surface area contributed by atoms with Crippen LogP contribution in [-0.2, 0) is 23.1 Å². The molecule has 1 heterocycles. The Hall–Kier alpha value is -2.17. The summed E-state index contributed by atoms with van der Waals surface area (Å²) >= 11 is 0. The zero-order valence-corrected chi connectivity index (χ0v) is 14.5. The average molecular weight is 339 g/mol. The number of nitrogens with zero attached hydrogens (tertiary/aromatic N) is 2. The fraction of sp³-hybridized carbons (Fsp3) is 0.550. The molecule has 5 heteroatoms. The second-order valence-electron chi connectivity index (χ2n) is 7.54. The van der Waals surface area contributed by atoms with Crippen LogP contribution >= 0.6 is 0 Å². The van der Waals surface area contributed by atoms with E-state index in [0.717, 1.165) is 32.1 Å². The Morgan fingerprint density at radius 3 is 2.60 bits per heavy atom. The lowest BCUT2D eigenvalue weighted by atomic mass is 9.65. The van der Waals surface area contributed by atoms with Crippen LogP contribution < -0.4 is 5.32 Å². The van der Waals surface area contributed by atoms with Crippen molar-refractivity contribution in [2.75, 3.05) is 0 Å². The van der Waals surface area contributed by atoms with E-state index in [1.54, 1.807) is 0 Å². The Morgan fingerprint density at radius 1 is 1.16 bits per heavy atom. The largest absolute Gasteiger partial charge is 0.353 e. The molecule has 25 heavy (non-hydrogen) atoms. The Bertz CT molecular complexity index is 716. The van der Waals surface area contributed by atoms with Crippen molar-refractivity contribution < 1.29 is 9.32 Å². The first-order valence-corrected chi connectivity index (χ1v) is 9.40. The number of nitrogens with one attached hydrogen (secondary N) is 1. The summed E-state index contributed by atoms with van der Waals surface area (Å²) in [5.74, 6) is 1.21. The number of amides is 1. The van der Waals surface area contributed by atoms with Gasteiger partial charge in [-0.15, -0.1) is 0 Å². The van der Waals surface area contributed by atoms with Gasteiger partial charge >= 0.3 is 0 Å². The minimum atomic E-state index is -0.0471. The zero-order valence-electron chi connectivity index (χ0n) is 14.5. The predicted octanol–water partition coefficient (Wildman–Crippen LogP) is 3.34. The second kappa shape index (κ2) is 6.98. The summed E-state index contributed by atoms with van der Waals surface area (Å²) in [5, 5.41) is 7.16. The summed E-state index contributed by atoms with van der Waals surface area (Å²) in [4.78, 5) is 16.7. The maximum atomic E-state index is 12.2. The van der Waals surface area contributed by atoms with E-state index < -0.39 is 0 Å². The van der Waals surface area contributed by atoms with E-state index in [1.165, 1.54) is 24.8 Å². The highest BCUT2D eigenvalue weighted by Gasteiger charge is 2.43. The van der Waals surface area contributed by atoms with Crippen LogP contribution in [0.25, 0.3) is 0 Å². The van der Waals surface area contributed by atoms with Gasteiger partial charge in [0.15, 0.2) is 5.82 Å². The van der Waals surface area contributed by atoms with Crippen LogP contribution in [0.2, 0.25) is 0 Å². The standard InChI is InChI=1S/C20H25N3O2/c24-18(21-16-9-4-5-10-16)13-17-22-19(25-23-17)20(11-6-12-20)14-15-7-2-1-3-8-15/h1-3,7-8,16H,4-6,9-14H2,(H,21,24). The lowest BCUT2D eigenvalue weighted by Gasteiger charge is -2.38. The fourth-order valence-corrected chi connectivity index (χ4v) is 4.09. The van der Waals surface area contributed by atoms with Crippen molar-refractivity contribution in [1.29, 1.82) is 0 Å². The van der Waals surface area contributed by atoms with Gasteiger partial charge in [0.25, 0.3) is 0 Å². The third kappa shape index (κ3) is 3.60. The number of carbonyl (C=O) groups is 1. The first-order valence-electron chi connectivity index (χ1n) is 9.40. The number of aromatic nitrogens is 2. The molecule has 132 valence electrons. The van der Waals surface area contributed by atoms with Crippen LogP contribution in [0.5, 0.6) is 0 Å². The van der Waals surface area contributed by atoms with Crippen LogP contribution in [0.15, 0.2) is 34.9 Å². The summed E-state index contributed by atoms with van der Waals surface area (Å²) in [6, 6.07) is 10.8. The van der Waals surface area contributed by atoms with Crippen LogP contribution in [0.3, 0.4) is 0 Å². The maximum Gasteiger partial charge on any atom is 0.233 e. The van der Waals surface area contributed by atoms with E-state index in [1.807, 2.05) is 6.07 Å². The van der Waals surface area contributed by atoms with Crippen molar-refractivity contribution in [3.63, 3.8) is 0 Å². The Kier molecular flexibility index (Phi) is 4.55. The molecule has 5 nitrogen and oxygen atoms in total. The summed E-state index contributed by atoms with van der Waals surface area (Å²) in [5.41, 5.74) is 1.25. The molecule has 0 unspecified atom stereocenters. The first-order chi connectivity index (χ1) is 12.2. The third-order valence-corrected chi connectivity index (χ3v) is 5.66. The number of hydrogen-bond donors (Lipinski definition) is 1. The molecule has 2 fully saturated rings. The molecular weight excluding hydrogens is 314 g/mol. The van der Waals surface area contributed by atoms with Crippen LogP contribution in [0.1, 0.15) is 62.2 Å². The minimum Gasteiger partial charge on any atom is -0.353 e. The molecule has 0 atom stereocenters. The zero-order chi connectivity index (χ0) is 17.1. The highest BCUT2D eigenvalue weighted by Crippen LogP contribution is 2.45. The van der Waals surface area contributed by atoms with E-state index in [9.17, 15) is 4.79 Å². The molecule has 2 aliphatic rings. The molecule has 0 aliphatic heterocycles. The lowest BCUT2D eigenvalue weighted by Crippen LogP contribution is -2.37. The molecule has 4 rings (SSSR count). The SMILES string of the molecule is O=C(Cc1noc(C2(Cc3ccccc3)CCC2)n1)NC1CCCC1. The highest BCUT2D eigenvalue weighted by molar-refractivity contribution is 5.78. The van der Waals surface area contributed by atoms with Crippen molar-refractivity contribution in [2.45, 2.75) is 69.2 Å². The van der Waals surface area contributed by atoms with Crippen molar-refractivity contribution in [3.8, 4) is 0 Å². The molecule has 0 bridgehead atoms. The molecule has 1 aromatic carbocycles. The fourth-order valence-electron chi connectivity index (χ4n) is 4.09. The van der Waals surface area contributed by atoms with Crippen molar-refractivity contribution in [1.82, 2.24) is 15.5 Å².